The first-order chi connectivity index (χ1) is 13.5. The van der Waals surface area contributed by atoms with Gasteiger partial charge in [0.05, 0.1) is 23.9 Å². The third-order valence-electron chi connectivity index (χ3n) is 4.99. The highest BCUT2D eigenvalue weighted by molar-refractivity contribution is 5.97. The number of nitrogen functional groups attached to an aromatic ring is 1. The van der Waals surface area contributed by atoms with E-state index in [1.54, 1.807) is 0 Å². The molecule has 1 aliphatic rings. The SMILES string of the molecule is Nc1ncc(F)cc1-c1noc2c(NC3CCCC[C@@H]3C(=O)O)c(F)cnc12. The molecule has 4 rings (SSSR count). The molecule has 0 aliphatic heterocycles. The molecular weight excluding hydrogens is 372 g/mol. The Morgan fingerprint density at radius 1 is 1.25 bits per heavy atom. The minimum atomic E-state index is -0.931. The first-order valence-electron chi connectivity index (χ1n) is 8.80. The van der Waals surface area contributed by atoms with Crippen molar-refractivity contribution in [2.45, 2.75) is 31.7 Å². The van der Waals surface area contributed by atoms with Gasteiger partial charge in [0.1, 0.15) is 28.5 Å². The number of rotatable bonds is 4. The summed E-state index contributed by atoms with van der Waals surface area (Å²) in [5, 5.41) is 16.3. The molecule has 28 heavy (non-hydrogen) atoms. The monoisotopic (exact) mass is 389 g/mol. The van der Waals surface area contributed by atoms with Crippen molar-refractivity contribution in [3.8, 4) is 11.3 Å². The number of anilines is 2. The lowest BCUT2D eigenvalue weighted by molar-refractivity contribution is -0.143. The summed E-state index contributed by atoms with van der Waals surface area (Å²) in [7, 11) is 0. The van der Waals surface area contributed by atoms with Crippen LogP contribution < -0.4 is 11.1 Å². The molecule has 3 aromatic heterocycles. The number of pyridine rings is 2. The molecule has 1 saturated carbocycles. The highest BCUT2D eigenvalue weighted by Crippen LogP contribution is 2.36. The van der Waals surface area contributed by atoms with Crippen LogP contribution >= 0.6 is 0 Å². The average Bonchev–Trinajstić information content (AvgIpc) is 3.10. The number of carboxylic acids is 1. The molecule has 0 amide bonds. The van der Waals surface area contributed by atoms with Crippen LogP contribution in [-0.2, 0) is 4.79 Å². The zero-order valence-corrected chi connectivity index (χ0v) is 14.7. The summed E-state index contributed by atoms with van der Waals surface area (Å²) in [6.45, 7) is 0. The molecular formula is C18H17F2N5O3. The van der Waals surface area contributed by atoms with E-state index in [2.05, 4.69) is 20.4 Å². The van der Waals surface area contributed by atoms with Crippen molar-refractivity contribution in [2.75, 3.05) is 11.1 Å². The van der Waals surface area contributed by atoms with E-state index in [4.69, 9.17) is 10.3 Å². The van der Waals surface area contributed by atoms with Gasteiger partial charge in [-0.1, -0.05) is 18.0 Å². The Morgan fingerprint density at radius 2 is 2.04 bits per heavy atom. The van der Waals surface area contributed by atoms with Crippen molar-refractivity contribution in [3.05, 3.63) is 30.1 Å². The van der Waals surface area contributed by atoms with Crippen LogP contribution in [0.5, 0.6) is 0 Å². The van der Waals surface area contributed by atoms with Gasteiger partial charge in [-0.15, -0.1) is 0 Å². The van der Waals surface area contributed by atoms with Crippen molar-refractivity contribution < 1.29 is 23.2 Å². The molecule has 10 heteroatoms. The van der Waals surface area contributed by atoms with Crippen LogP contribution in [0.1, 0.15) is 25.7 Å². The molecule has 3 aromatic rings. The fourth-order valence-electron chi connectivity index (χ4n) is 3.60. The van der Waals surface area contributed by atoms with Crippen LogP contribution in [0.2, 0.25) is 0 Å². The minimum absolute atomic E-state index is 0.00775. The average molecular weight is 389 g/mol. The summed E-state index contributed by atoms with van der Waals surface area (Å²) >= 11 is 0. The Balaban J connectivity index is 1.78. The second-order valence-electron chi connectivity index (χ2n) is 6.76. The Hall–Kier alpha value is -3.30. The summed E-state index contributed by atoms with van der Waals surface area (Å²) in [6.07, 6.45) is 4.69. The molecule has 2 atom stereocenters. The zero-order valence-electron chi connectivity index (χ0n) is 14.7. The van der Waals surface area contributed by atoms with E-state index in [9.17, 15) is 18.7 Å². The summed E-state index contributed by atoms with van der Waals surface area (Å²) in [5.41, 5.74) is 6.25. The molecule has 4 N–H and O–H groups in total. The number of nitrogens with one attached hydrogen (secondary N) is 1. The quantitative estimate of drug-likeness (QED) is 0.621. The summed E-state index contributed by atoms with van der Waals surface area (Å²) in [6, 6.07) is 0.681. The standard InChI is InChI=1S/C18H17F2N5O3/c19-8-5-10(17(21)23-6-8)13-15-16(28-25-13)14(11(20)7-22-15)24-12-4-2-1-3-9(12)18(26)27/h5-7,9,12H,1-4H2,(H2,21,23)(H,22,24)(H,26,27)/t9-,12?/m0/s1. The van der Waals surface area contributed by atoms with Crippen LogP contribution in [0.3, 0.4) is 0 Å². The van der Waals surface area contributed by atoms with Gasteiger partial charge < -0.3 is 20.7 Å². The van der Waals surface area contributed by atoms with Crippen molar-refractivity contribution in [3.63, 3.8) is 0 Å². The third-order valence-corrected chi connectivity index (χ3v) is 4.99. The lowest BCUT2D eigenvalue weighted by atomic mass is 9.84. The molecule has 3 heterocycles. The van der Waals surface area contributed by atoms with E-state index in [1.807, 2.05) is 0 Å². The normalized spacial score (nSPS) is 19.6. The van der Waals surface area contributed by atoms with Gasteiger partial charge in [-0.3, -0.25) is 4.79 Å². The van der Waals surface area contributed by atoms with Gasteiger partial charge in [0.2, 0.25) is 5.58 Å². The van der Waals surface area contributed by atoms with Gasteiger partial charge in [0.15, 0.2) is 5.82 Å². The number of carboxylic acid groups (broad SMARTS) is 1. The zero-order chi connectivity index (χ0) is 19.8. The van der Waals surface area contributed by atoms with E-state index >= 15 is 0 Å². The maximum absolute atomic E-state index is 14.5. The Bertz CT molecular complexity index is 1060. The Labute approximate surface area is 157 Å². The smallest absolute Gasteiger partial charge is 0.308 e. The van der Waals surface area contributed by atoms with Crippen LogP contribution in [0.15, 0.2) is 23.0 Å². The van der Waals surface area contributed by atoms with Crippen molar-refractivity contribution >= 4 is 28.6 Å². The third kappa shape index (κ3) is 3.10. The van der Waals surface area contributed by atoms with Crippen LogP contribution in [-0.4, -0.2) is 32.2 Å². The van der Waals surface area contributed by atoms with E-state index in [0.717, 1.165) is 31.3 Å². The molecule has 146 valence electrons. The largest absolute Gasteiger partial charge is 0.481 e. The fourth-order valence-corrected chi connectivity index (χ4v) is 3.60. The predicted octanol–water partition coefficient (Wildman–Crippen LogP) is 3.20. The summed E-state index contributed by atoms with van der Waals surface area (Å²) in [5.74, 6) is -2.86. The minimum Gasteiger partial charge on any atom is -0.481 e. The molecule has 1 unspecified atom stereocenters. The maximum Gasteiger partial charge on any atom is 0.308 e. The predicted molar refractivity (Wildman–Crippen MR) is 96.4 cm³/mol. The van der Waals surface area contributed by atoms with Gasteiger partial charge in [-0.2, -0.15) is 0 Å². The van der Waals surface area contributed by atoms with Gasteiger partial charge in [0.25, 0.3) is 0 Å². The van der Waals surface area contributed by atoms with Crippen LogP contribution in [0, 0.1) is 17.6 Å². The van der Waals surface area contributed by atoms with Gasteiger partial charge >= 0.3 is 5.97 Å². The van der Waals surface area contributed by atoms with Crippen molar-refractivity contribution in [1.82, 2.24) is 15.1 Å². The van der Waals surface area contributed by atoms with E-state index < -0.39 is 29.6 Å². The molecule has 1 fully saturated rings. The second kappa shape index (κ2) is 7.02. The molecule has 0 saturated heterocycles. The van der Waals surface area contributed by atoms with Gasteiger partial charge in [-0.05, 0) is 18.9 Å². The molecule has 0 spiro atoms. The van der Waals surface area contributed by atoms with Crippen molar-refractivity contribution in [2.24, 2.45) is 5.92 Å². The van der Waals surface area contributed by atoms with E-state index in [-0.39, 0.29) is 33.9 Å². The number of carbonyl (C=O) groups is 1. The lowest BCUT2D eigenvalue weighted by Gasteiger charge is -2.30. The number of fused-ring (bicyclic) bond motifs is 1. The molecule has 8 nitrogen and oxygen atoms in total. The molecule has 1 aliphatic carbocycles. The number of halogens is 2. The summed E-state index contributed by atoms with van der Waals surface area (Å²) < 4.78 is 33.4. The van der Waals surface area contributed by atoms with Gasteiger partial charge in [0, 0.05) is 6.04 Å². The lowest BCUT2D eigenvalue weighted by Crippen LogP contribution is -2.37. The second-order valence-corrected chi connectivity index (χ2v) is 6.76. The van der Waals surface area contributed by atoms with E-state index in [1.165, 1.54) is 0 Å². The Kier molecular flexibility index (Phi) is 4.54. The van der Waals surface area contributed by atoms with Crippen LogP contribution in [0.4, 0.5) is 20.3 Å². The number of nitrogens with two attached hydrogens (primary N) is 1. The number of aliphatic carboxylic acids is 1. The first kappa shape index (κ1) is 18.1. The number of nitrogens with zero attached hydrogens (tertiary/aromatic N) is 3. The topological polar surface area (TPSA) is 127 Å². The van der Waals surface area contributed by atoms with Crippen LogP contribution in [0.25, 0.3) is 22.4 Å². The Morgan fingerprint density at radius 3 is 2.82 bits per heavy atom. The van der Waals surface area contributed by atoms with Gasteiger partial charge in [-0.25, -0.2) is 18.7 Å². The summed E-state index contributed by atoms with van der Waals surface area (Å²) in [4.78, 5) is 19.3. The highest BCUT2D eigenvalue weighted by atomic mass is 19.1. The number of aromatic nitrogens is 3. The van der Waals surface area contributed by atoms with Crippen molar-refractivity contribution in [1.29, 1.82) is 0 Å². The number of hydrogen-bond acceptors (Lipinski definition) is 7. The van der Waals surface area contributed by atoms with E-state index in [0.29, 0.717) is 12.8 Å². The molecule has 0 bridgehead atoms. The maximum atomic E-state index is 14.5. The fraction of sp³-hybridized carbons (Fsp3) is 0.333. The molecule has 0 radical (unpaired) electrons. The first-order valence-corrected chi connectivity index (χ1v) is 8.80. The number of hydrogen-bond donors (Lipinski definition) is 3. The molecule has 0 aromatic carbocycles. The highest BCUT2D eigenvalue weighted by Gasteiger charge is 2.32.